The molecule has 1 saturated carbocycles. The molecule has 1 atom stereocenters. The highest BCUT2D eigenvalue weighted by atomic mass is 16.5. The van der Waals surface area contributed by atoms with E-state index in [4.69, 9.17) is 9.84 Å². The Morgan fingerprint density at radius 1 is 1.72 bits per heavy atom. The van der Waals surface area contributed by atoms with E-state index in [1.54, 1.807) is 0 Å². The molecular weight excluding hydrogens is 238 g/mol. The molecule has 3 N–H and O–H groups in total. The molecule has 18 heavy (non-hydrogen) atoms. The van der Waals surface area contributed by atoms with Crippen LogP contribution in [0, 0.1) is 5.92 Å². The Morgan fingerprint density at radius 2 is 2.44 bits per heavy atom. The highest BCUT2D eigenvalue weighted by molar-refractivity contribution is 5.77. The third kappa shape index (κ3) is 2.79. The number of carboxylic acid groups (broad SMARTS) is 1. The third-order valence-electron chi connectivity index (χ3n) is 2.89. The second-order valence-electron chi connectivity index (χ2n) is 4.33. The molecule has 0 aliphatic heterocycles. The molecule has 7 heteroatoms. The summed E-state index contributed by atoms with van der Waals surface area (Å²) in [5.41, 5.74) is -0.439. The number of methoxy groups -OCH3 is 1. The number of H-pyrrole nitrogens is 1. The fraction of sp³-hybridized carbons (Fsp3) is 0.545. The van der Waals surface area contributed by atoms with Crippen molar-refractivity contribution < 1.29 is 14.6 Å². The molecule has 0 bridgehead atoms. The van der Waals surface area contributed by atoms with E-state index in [2.05, 4.69) is 15.3 Å². The summed E-state index contributed by atoms with van der Waals surface area (Å²) >= 11 is 0. The van der Waals surface area contributed by atoms with E-state index in [1.165, 1.54) is 13.4 Å². The van der Waals surface area contributed by atoms with Crippen molar-refractivity contribution in [3.8, 4) is 5.75 Å². The summed E-state index contributed by atoms with van der Waals surface area (Å²) in [6, 6.07) is -0.749. The number of aliphatic carboxylic acids is 1. The van der Waals surface area contributed by atoms with Crippen LogP contribution in [-0.4, -0.2) is 34.2 Å². The number of hydrogen-bond acceptors (Lipinski definition) is 5. The molecule has 98 valence electrons. The summed E-state index contributed by atoms with van der Waals surface area (Å²) in [6.45, 7) is 0. The Bertz CT molecular complexity index is 495. The zero-order chi connectivity index (χ0) is 13.1. The molecule has 0 saturated heterocycles. The van der Waals surface area contributed by atoms with Crippen LogP contribution < -0.4 is 15.6 Å². The zero-order valence-corrected chi connectivity index (χ0v) is 9.97. The quantitative estimate of drug-likeness (QED) is 0.679. The van der Waals surface area contributed by atoms with Crippen molar-refractivity contribution in [2.24, 2.45) is 5.92 Å². The maximum absolute atomic E-state index is 11.4. The number of rotatable bonds is 6. The smallest absolute Gasteiger partial charge is 0.326 e. The van der Waals surface area contributed by atoms with E-state index in [0.29, 0.717) is 12.3 Å². The first kappa shape index (κ1) is 12.4. The SMILES string of the molecule is COc1c(NC(CC2CC2)C(=O)O)nc[nH]c1=O. The van der Waals surface area contributed by atoms with Gasteiger partial charge in [0.2, 0.25) is 5.75 Å². The molecule has 1 aliphatic carbocycles. The number of nitrogens with one attached hydrogen (secondary N) is 2. The number of carbonyl (C=O) groups is 1. The lowest BCUT2D eigenvalue weighted by Crippen LogP contribution is -2.31. The van der Waals surface area contributed by atoms with Crippen LogP contribution in [0.4, 0.5) is 5.82 Å². The normalized spacial score (nSPS) is 16.1. The van der Waals surface area contributed by atoms with Gasteiger partial charge in [-0.2, -0.15) is 0 Å². The van der Waals surface area contributed by atoms with Crippen LogP contribution in [0.5, 0.6) is 5.75 Å². The minimum Gasteiger partial charge on any atom is -0.489 e. The number of carboxylic acids is 1. The molecule has 1 fully saturated rings. The van der Waals surface area contributed by atoms with Gasteiger partial charge in [0, 0.05) is 0 Å². The Labute approximate surface area is 103 Å². The van der Waals surface area contributed by atoms with Crippen LogP contribution in [0.2, 0.25) is 0 Å². The average molecular weight is 253 g/mol. The van der Waals surface area contributed by atoms with Crippen LogP contribution in [-0.2, 0) is 4.79 Å². The van der Waals surface area contributed by atoms with E-state index in [0.717, 1.165) is 12.8 Å². The monoisotopic (exact) mass is 253 g/mol. The topological polar surface area (TPSA) is 104 Å². The average Bonchev–Trinajstić information content (AvgIpc) is 3.12. The van der Waals surface area contributed by atoms with Crippen molar-refractivity contribution in [1.29, 1.82) is 0 Å². The van der Waals surface area contributed by atoms with E-state index in [-0.39, 0.29) is 11.6 Å². The molecule has 1 unspecified atom stereocenters. The first-order valence-electron chi connectivity index (χ1n) is 5.73. The van der Waals surface area contributed by atoms with E-state index < -0.39 is 17.6 Å². The number of aromatic amines is 1. The molecular formula is C11H15N3O4. The lowest BCUT2D eigenvalue weighted by atomic mass is 10.1. The summed E-state index contributed by atoms with van der Waals surface area (Å²) in [5, 5.41) is 11.9. The van der Waals surface area contributed by atoms with Gasteiger partial charge in [-0.1, -0.05) is 12.8 Å². The fourth-order valence-corrected chi connectivity index (χ4v) is 1.75. The summed E-state index contributed by atoms with van der Waals surface area (Å²) in [5.74, 6) is -0.341. The molecule has 1 aromatic heterocycles. The molecule has 0 amide bonds. The van der Waals surface area contributed by atoms with Crippen molar-refractivity contribution in [3.05, 3.63) is 16.7 Å². The van der Waals surface area contributed by atoms with Crippen molar-refractivity contribution >= 4 is 11.8 Å². The standard InChI is InChI=1S/C11H15N3O4/c1-18-8-9(12-5-13-10(8)15)14-7(11(16)17)4-6-2-3-6/h5-7H,2-4H2,1H3,(H,16,17)(H2,12,13,14,15). The maximum atomic E-state index is 11.4. The van der Waals surface area contributed by atoms with Crippen LogP contribution in [0.1, 0.15) is 19.3 Å². The molecule has 2 rings (SSSR count). The van der Waals surface area contributed by atoms with Crippen LogP contribution in [0.25, 0.3) is 0 Å². The minimum atomic E-state index is -0.953. The number of anilines is 1. The largest absolute Gasteiger partial charge is 0.489 e. The number of nitrogens with zero attached hydrogens (tertiary/aromatic N) is 1. The van der Waals surface area contributed by atoms with E-state index in [1.807, 2.05) is 0 Å². The van der Waals surface area contributed by atoms with Gasteiger partial charge in [0.1, 0.15) is 6.04 Å². The molecule has 1 heterocycles. The Balaban J connectivity index is 2.17. The van der Waals surface area contributed by atoms with Crippen LogP contribution >= 0.6 is 0 Å². The van der Waals surface area contributed by atoms with E-state index >= 15 is 0 Å². The molecule has 7 nitrogen and oxygen atoms in total. The Morgan fingerprint density at radius 3 is 3.00 bits per heavy atom. The zero-order valence-electron chi connectivity index (χ0n) is 9.97. The molecule has 1 aromatic rings. The molecule has 0 aromatic carbocycles. The maximum Gasteiger partial charge on any atom is 0.326 e. The Kier molecular flexibility index (Phi) is 3.50. The number of aromatic nitrogens is 2. The van der Waals surface area contributed by atoms with Gasteiger partial charge in [0.05, 0.1) is 13.4 Å². The summed E-state index contributed by atoms with van der Waals surface area (Å²) < 4.78 is 4.92. The van der Waals surface area contributed by atoms with Gasteiger partial charge < -0.3 is 20.1 Å². The second kappa shape index (κ2) is 5.07. The van der Waals surface area contributed by atoms with Gasteiger partial charge in [-0.15, -0.1) is 0 Å². The van der Waals surface area contributed by atoms with Gasteiger partial charge in [0.25, 0.3) is 5.56 Å². The predicted molar refractivity (Wildman–Crippen MR) is 63.8 cm³/mol. The first-order valence-corrected chi connectivity index (χ1v) is 5.73. The highest BCUT2D eigenvalue weighted by Gasteiger charge is 2.30. The van der Waals surface area contributed by atoms with Crippen LogP contribution in [0.15, 0.2) is 11.1 Å². The summed E-state index contributed by atoms with van der Waals surface area (Å²) in [7, 11) is 1.34. The van der Waals surface area contributed by atoms with Gasteiger partial charge in [-0.25, -0.2) is 9.78 Å². The minimum absolute atomic E-state index is 0.000420. The highest BCUT2D eigenvalue weighted by Crippen LogP contribution is 2.34. The second-order valence-corrected chi connectivity index (χ2v) is 4.33. The van der Waals surface area contributed by atoms with Gasteiger partial charge in [-0.05, 0) is 12.3 Å². The summed E-state index contributed by atoms with van der Waals surface area (Å²) in [6.07, 6.45) is 3.87. The molecule has 0 spiro atoms. The fourth-order valence-electron chi connectivity index (χ4n) is 1.75. The van der Waals surface area contributed by atoms with Crippen molar-refractivity contribution in [3.63, 3.8) is 0 Å². The third-order valence-corrected chi connectivity index (χ3v) is 2.89. The lowest BCUT2D eigenvalue weighted by Gasteiger charge is -2.15. The predicted octanol–water partition coefficient (Wildman–Crippen LogP) is 0.444. The molecule has 1 aliphatic rings. The van der Waals surface area contributed by atoms with E-state index in [9.17, 15) is 9.59 Å². The lowest BCUT2D eigenvalue weighted by molar-refractivity contribution is -0.138. The van der Waals surface area contributed by atoms with Crippen molar-refractivity contribution in [2.75, 3.05) is 12.4 Å². The number of ether oxygens (including phenoxy) is 1. The van der Waals surface area contributed by atoms with Crippen molar-refractivity contribution in [2.45, 2.75) is 25.3 Å². The molecule has 0 radical (unpaired) electrons. The first-order chi connectivity index (χ1) is 8.61. The van der Waals surface area contributed by atoms with Gasteiger partial charge >= 0.3 is 5.97 Å². The van der Waals surface area contributed by atoms with Gasteiger partial charge in [0.15, 0.2) is 5.82 Å². The van der Waals surface area contributed by atoms with Crippen LogP contribution in [0.3, 0.4) is 0 Å². The Hall–Kier alpha value is -2.05. The summed E-state index contributed by atoms with van der Waals surface area (Å²) in [4.78, 5) is 28.9. The van der Waals surface area contributed by atoms with Gasteiger partial charge in [-0.3, -0.25) is 4.79 Å². The van der Waals surface area contributed by atoms with Crippen molar-refractivity contribution in [1.82, 2.24) is 9.97 Å². The number of hydrogen-bond donors (Lipinski definition) is 3.